The smallest absolute Gasteiger partial charge is 0.196 e. The van der Waals surface area contributed by atoms with Crippen LogP contribution in [0.5, 0.6) is 0 Å². The summed E-state index contributed by atoms with van der Waals surface area (Å²) in [6.07, 6.45) is 0. The number of aliphatic imine (C=N–C) groups is 1. The third kappa shape index (κ3) is 2.82. The summed E-state index contributed by atoms with van der Waals surface area (Å²) in [5.41, 5.74) is 6.76. The highest BCUT2D eigenvalue weighted by atomic mass is 32.2. The molecule has 0 aromatic heterocycles. The van der Waals surface area contributed by atoms with Crippen LogP contribution in [0, 0.1) is 0 Å². The standard InChI is InChI=1S/C11H15N3OS/c12-11(13-10-4-2-1-3-5-10)14-6-8-16(15)9-7-14/h1-5H,6-9H2,(H2,12,13). The lowest BCUT2D eigenvalue weighted by Gasteiger charge is -2.27. The fraction of sp³-hybridized carbons (Fsp3) is 0.364. The van der Waals surface area contributed by atoms with Crippen molar-refractivity contribution in [3.63, 3.8) is 0 Å². The predicted molar refractivity (Wildman–Crippen MR) is 67.2 cm³/mol. The van der Waals surface area contributed by atoms with Crippen LogP contribution in [0.3, 0.4) is 0 Å². The molecule has 5 heteroatoms. The molecule has 4 nitrogen and oxygen atoms in total. The van der Waals surface area contributed by atoms with E-state index in [4.69, 9.17) is 5.73 Å². The van der Waals surface area contributed by atoms with Crippen molar-refractivity contribution in [1.29, 1.82) is 0 Å². The van der Waals surface area contributed by atoms with E-state index in [2.05, 4.69) is 4.99 Å². The molecule has 0 spiro atoms. The maximum atomic E-state index is 11.2. The number of rotatable bonds is 1. The van der Waals surface area contributed by atoms with Gasteiger partial charge in [0, 0.05) is 35.4 Å². The van der Waals surface area contributed by atoms with Gasteiger partial charge >= 0.3 is 0 Å². The van der Waals surface area contributed by atoms with Crippen LogP contribution in [-0.2, 0) is 10.8 Å². The quantitative estimate of drug-likeness (QED) is 0.577. The molecule has 2 rings (SSSR count). The summed E-state index contributed by atoms with van der Waals surface area (Å²) in [4.78, 5) is 6.31. The van der Waals surface area contributed by atoms with Crippen molar-refractivity contribution in [2.45, 2.75) is 0 Å². The number of nitrogens with zero attached hydrogens (tertiary/aromatic N) is 2. The largest absolute Gasteiger partial charge is 0.369 e. The number of nitrogens with two attached hydrogens (primary N) is 1. The topological polar surface area (TPSA) is 58.7 Å². The van der Waals surface area contributed by atoms with Crippen molar-refractivity contribution in [2.75, 3.05) is 24.6 Å². The van der Waals surface area contributed by atoms with E-state index in [0.717, 1.165) is 18.8 Å². The number of benzene rings is 1. The Morgan fingerprint density at radius 1 is 1.25 bits per heavy atom. The average Bonchev–Trinajstić information content (AvgIpc) is 2.31. The number of para-hydroxylation sites is 1. The molecule has 1 saturated heterocycles. The Balaban J connectivity index is 2.04. The van der Waals surface area contributed by atoms with Crippen LogP contribution >= 0.6 is 0 Å². The zero-order valence-electron chi connectivity index (χ0n) is 9.00. The first-order valence-electron chi connectivity index (χ1n) is 5.25. The van der Waals surface area contributed by atoms with Crippen molar-refractivity contribution in [1.82, 2.24) is 4.90 Å². The van der Waals surface area contributed by atoms with Crippen LogP contribution in [0.4, 0.5) is 5.69 Å². The van der Waals surface area contributed by atoms with Gasteiger partial charge in [-0.05, 0) is 12.1 Å². The molecular formula is C11H15N3OS. The fourth-order valence-corrected chi connectivity index (χ4v) is 2.62. The second-order valence-corrected chi connectivity index (χ2v) is 5.34. The van der Waals surface area contributed by atoms with E-state index in [1.165, 1.54) is 0 Å². The summed E-state index contributed by atoms with van der Waals surface area (Å²) in [6, 6.07) is 9.62. The van der Waals surface area contributed by atoms with Crippen LogP contribution in [0.1, 0.15) is 0 Å². The lowest BCUT2D eigenvalue weighted by atomic mass is 10.3. The highest BCUT2D eigenvalue weighted by Crippen LogP contribution is 2.10. The van der Waals surface area contributed by atoms with Gasteiger partial charge in [-0.3, -0.25) is 4.21 Å². The minimum Gasteiger partial charge on any atom is -0.369 e. The van der Waals surface area contributed by atoms with Crippen molar-refractivity contribution < 1.29 is 4.21 Å². The Bertz CT molecular complexity index is 395. The van der Waals surface area contributed by atoms with Gasteiger partial charge in [0.05, 0.1) is 5.69 Å². The third-order valence-corrected chi connectivity index (χ3v) is 3.78. The molecule has 1 heterocycles. The minimum absolute atomic E-state index is 0.517. The van der Waals surface area contributed by atoms with E-state index in [-0.39, 0.29) is 0 Å². The van der Waals surface area contributed by atoms with Crippen LogP contribution < -0.4 is 5.73 Å². The minimum atomic E-state index is -0.676. The van der Waals surface area contributed by atoms with Crippen molar-refractivity contribution in [3.8, 4) is 0 Å². The highest BCUT2D eigenvalue weighted by Gasteiger charge is 2.16. The molecule has 1 fully saturated rings. The monoisotopic (exact) mass is 237 g/mol. The Morgan fingerprint density at radius 2 is 1.88 bits per heavy atom. The van der Waals surface area contributed by atoms with Gasteiger partial charge in [0.15, 0.2) is 5.96 Å². The van der Waals surface area contributed by atoms with Crippen LogP contribution in [-0.4, -0.2) is 39.7 Å². The molecule has 0 aliphatic carbocycles. The molecule has 0 saturated carbocycles. The lowest BCUT2D eigenvalue weighted by molar-refractivity contribution is 0.450. The summed E-state index contributed by atoms with van der Waals surface area (Å²) in [5, 5.41) is 0. The lowest BCUT2D eigenvalue weighted by Crippen LogP contribution is -2.45. The number of hydrogen-bond donors (Lipinski definition) is 1. The second-order valence-electron chi connectivity index (χ2n) is 3.64. The maximum absolute atomic E-state index is 11.2. The van der Waals surface area contributed by atoms with E-state index in [1.54, 1.807) is 0 Å². The summed E-state index contributed by atoms with van der Waals surface area (Å²) in [6.45, 7) is 1.46. The van der Waals surface area contributed by atoms with Gasteiger partial charge in [-0.25, -0.2) is 4.99 Å². The molecule has 0 bridgehead atoms. The number of hydrogen-bond acceptors (Lipinski definition) is 2. The molecule has 0 unspecified atom stereocenters. The van der Waals surface area contributed by atoms with E-state index in [9.17, 15) is 4.21 Å². The Labute approximate surface area is 97.6 Å². The zero-order chi connectivity index (χ0) is 11.4. The van der Waals surface area contributed by atoms with Crippen LogP contribution in [0.25, 0.3) is 0 Å². The molecular weight excluding hydrogens is 222 g/mol. The van der Waals surface area contributed by atoms with E-state index in [1.807, 2.05) is 35.2 Å². The van der Waals surface area contributed by atoms with Crippen molar-refractivity contribution in [2.24, 2.45) is 10.7 Å². The first-order chi connectivity index (χ1) is 7.75. The van der Waals surface area contributed by atoms with Gasteiger partial charge in [-0.2, -0.15) is 0 Å². The summed E-state index contributed by atoms with van der Waals surface area (Å²) >= 11 is 0. The van der Waals surface area contributed by atoms with E-state index < -0.39 is 10.8 Å². The highest BCUT2D eigenvalue weighted by molar-refractivity contribution is 7.85. The van der Waals surface area contributed by atoms with Crippen molar-refractivity contribution >= 4 is 22.4 Å². The Morgan fingerprint density at radius 3 is 2.50 bits per heavy atom. The number of guanidine groups is 1. The maximum Gasteiger partial charge on any atom is 0.196 e. The summed E-state index contributed by atoms with van der Waals surface area (Å²) in [7, 11) is -0.676. The molecule has 1 aliphatic rings. The molecule has 1 aromatic rings. The van der Waals surface area contributed by atoms with E-state index >= 15 is 0 Å². The van der Waals surface area contributed by atoms with Gasteiger partial charge in [0.1, 0.15) is 0 Å². The fourth-order valence-electron chi connectivity index (χ4n) is 1.57. The normalized spacial score (nSPS) is 18.8. The molecule has 2 N–H and O–H groups in total. The predicted octanol–water partition coefficient (Wildman–Crippen LogP) is 0.697. The van der Waals surface area contributed by atoms with Gasteiger partial charge in [0.2, 0.25) is 0 Å². The summed E-state index contributed by atoms with van der Waals surface area (Å²) in [5.74, 6) is 1.89. The second kappa shape index (κ2) is 5.12. The summed E-state index contributed by atoms with van der Waals surface area (Å²) < 4.78 is 11.2. The van der Waals surface area contributed by atoms with Gasteiger partial charge in [0.25, 0.3) is 0 Å². The van der Waals surface area contributed by atoms with Crippen LogP contribution in [0.2, 0.25) is 0 Å². The van der Waals surface area contributed by atoms with Gasteiger partial charge in [-0.15, -0.1) is 0 Å². The van der Waals surface area contributed by atoms with Gasteiger partial charge < -0.3 is 10.6 Å². The molecule has 0 radical (unpaired) electrons. The molecule has 0 atom stereocenters. The first-order valence-corrected chi connectivity index (χ1v) is 6.73. The average molecular weight is 237 g/mol. The van der Waals surface area contributed by atoms with Crippen molar-refractivity contribution in [3.05, 3.63) is 30.3 Å². The molecule has 1 aliphatic heterocycles. The Kier molecular flexibility index (Phi) is 3.56. The molecule has 0 amide bonds. The first kappa shape index (κ1) is 11.1. The zero-order valence-corrected chi connectivity index (χ0v) is 9.82. The Hall–Kier alpha value is -1.36. The third-order valence-electron chi connectivity index (χ3n) is 2.50. The molecule has 1 aromatic carbocycles. The molecule has 86 valence electrons. The molecule has 16 heavy (non-hydrogen) atoms. The van der Waals surface area contributed by atoms with Crippen LogP contribution in [0.15, 0.2) is 35.3 Å². The van der Waals surface area contributed by atoms with E-state index in [0.29, 0.717) is 17.5 Å². The SMILES string of the molecule is NC(=Nc1ccccc1)N1CCS(=O)CC1. The van der Waals surface area contributed by atoms with Gasteiger partial charge in [-0.1, -0.05) is 18.2 Å².